The predicted molar refractivity (Wildman–Crippen MR) is 65.6 cm³/mol. The van der Waals surface area contributed by atoms with Gasteiger partial charge in [0.15, 0.2) is 0 Å². The molecule has 0 aliphatic heterocycles. The van der Waals surface area contributed by atoms with Crippen molar-refractivity contribution in [2.24, 2.45) is 0 Å². The van der Waals surface area contributed by atoms with Crippen molar-refractivity contribution in [1.29, 1.82) is 0 Å². The number of para-hydroxylation sites is 1. The maximum Gasteiger partial charge on any atom is 0.113 e. The van der Waals surface area contributed by atoms with Crippen LogP contribution in [0.25, 0.3) is 0 Å². The van der Waals surface area contributed by atoms with Crippen LogP contribution in [0.2, 0.25) is 0 Å². The summed E-state index contributed by atoms with van der Waals surface area (Å²) in [5.41, 5.74) is 3.17. The number of anilines is 1. The minimum absolute atomic E-state index is 0.804. The third kappa shape index (κ3) is 2.88. The summed E-state index contributed by atoms with van der Waals surface area (Å²) < 4.78 is 0. The summed E-state index contributed by atoms with van der Waals surface area (Å²) in [6, 6.07) is 18.1. The quantitative estimate of drug-likeness (QED) is 0.736. The first kappa shape index (κ1) is 9.84. The zero-order valence-electron chi connectivity index (χ0n) is 8.48. The molecular formula is C13H12BN. The van der Waals surface area contributed by atoms with E-state index in [1.807, 2.05) is 42.5 Å². The van der Waals surface area contributed by atoms with Crippen LogP contribution in [0.5, 0.6) is 0 Å². The Labute approximate surface area is 91.6 Å². The second-order valence-electron chi connectivity index (χ2n) is 3.46. The maximum absolute atomic E-state index is 5.61. The second kappa shape index (κ2) is 4.69. The van der Waals surface area contributed by atoms with E-state index in [4.69, 9.17) is 7.85 Å². The second-order valence-corrected chi connectivity index (χ2v) is 3.46. The zero-order chi connectivity index (χ0) is 10.5. The van der Waals surface area contributed by atoms with Crippen LogP contribution in [0.15, 0.2) is 54.6 Å². The molecule has 0 atom stereocenters. The Morgan fingerprint density at radius 3 is 2.20 bits per heavy atom. The average Bonchev–Trinajstić information content (AvgIpc) is 2.30. The first-order valence-corrected chi connectivity index (χ1v) is 4.98. The Morgan fingerprint density at radius 1 is 0.867 bits per heavy atom. The van der Waals surface area contributed by atoms with E-state index in [0.717, 1.165) is 17.7 Å². The van der Waals surface area contributed by atoms with Crippen molar-refractivity contribution in [3.63, 3.8) is 0 Å². The lowest BCUT2D eigenvalue weighted by atomic mass is 9.95. The lowest BCUT2D eigenvalue weighted by Gasteiger charge is -2.06. The van der Waals surface area contributed by atoms with E-state index in [0.29, 0.717) is 0 Å². The van der Waals surface area contributed by atoms with Crippen LogP contribution in [0, 0.1) is 0 Å². The van der Waals surface area contributed by atoms with Crippen molar-refractivity contribution in [2.45, 2.75) is 6.54 Å². The summed E-state index contributed by atoms with van der Waals surface area (Å²) in [6.45, 7) is 0.824. The van der Waals surface area contributed by atoms with Crippen LogP contribution in [-0.4, -0.2) is 7.85 Å². The highest BCUT2D eigenvalue weighted by Crippen LogP contribution is 2.07. The normalized spacial score (nSPS) is 9.87. The Balaban J connectivity index is 1.96. The summed E-state index contributed by atoms with van der Waals surface area (Å²) in [6.07, 6.45) is 0. The summed E-state index contributed by atoms with van der Waals surface area (Å²) in [5, 5.41) is 3.34. The molecule has 1 N–H and O–H groups in total. The third-order valence-corrected chi connectivity index (χ3v) is 2.25. The van der Waals surface area contributed by atoms with E-state index in [1.54, 1.807) is 0 Å². The first-order chi connectivity index (χ1) is 7.34. The monoisotopic (exact) mass is 193 g/mol. The van der Waals surface area contributed by atoms with E-state index >= 15 is 0 Å². The molecule has 0 saturated heterocycles. The summed E-state index contributed by atoms with van der Waals surface area (Å²) in [7, 11) is 5.61. The van der Waals surface area contributed by atoms with E-state index in [9.17, 15) is 0 Å². The molecule has 2 aromatic carbocycles. The Morgan fingerprint density at radius 2 is 1.53 bits per heavy atom. The van der Waals surface area contributed by atoms with Crippen LogP contribution in [0.4, 0.5) is 5.69 Å². The highest BCUT2D eigenvalue weighted by molar-refractivity contribution is 6.32. The molecule has 0 saturated carbocycles. The first-order valence-electron chi connectivity index (χ1n) is 4.98. The number of hydrogen-bond donors (Lipinski definition) is 1. The fourth-order valence-corrected chi connectivity index (χ4v) is 1.40. The molecule has 0 fully saturated rings. The largest absolute Gasteiger partial charge is 0.381 e. The zero-order valence-corrected chi connectivity index (χ0v) is 8.48. The third-order valence-electron chi connectivity index (χ3n) is 2.25. The van der Waals surface area contributed by atoms with E-state index in [-0.39, 0.29) is 0 Å². The molecule has 0 amide bonds. The summed E-state index contributed by atoms with van der Waals surface area (Å²) in [4.78, 5) is 0. The Hall–Kier alpha value is -1.70. The molecule has 0 aromatic heterocycles. The van der Waals surface area contributed by atoms with Gasteiger partial charge in [0.25, 0.3) is 0 Å². The molecule has 0 aliphatic rings. The van der Waals surface area contributed by atoms with Gasteiger partial charge in [0.2, 0.25) is 0 Å². The van der Waals surface area contributed by atoms with Crippen molar-refractivity contribution in [3.05, 3.63) is 60.2 Å². The van der Waals surface area contributed by atoms with E-state index in [2.05, 4.69) is 17.4 Å². The smallest absolute Gasteiger partial charge is 0.113 e. The molecule has 1 nitrogen and oxygen atoms in total. The van der Waals surface area contributed by atoms with Gasteiger partial charge in [-0.05, 0) is 17.7 Å². The molecule has 2 radical (unpaired) electrons. The van der Waals surface area contributed by atoms with Crippen molar-refractivity contribution >= 4 is 19.0 Å². The van der Waals surface area contributed by atoms with Crippen LogP contribution >= 0.6 is 0 Å². The summed E-state index contributed by atoms with van der Waals surface area (Å²) in [5.74, 6) is 0. The molecule has 0 bridgehead atoms. The number of nitrogens with one attached hydrogen (secondary N) is 1. The fourth-order valence-electron chi connectivity index (χ4n) is 1.40. The minimum atomic E-state index is 0.804. The fraction of sp³-hybridized carbons (Fsp3) is 0.0769. The van der Waals surface area contributed by atoms with Gasteiger partial charge in [-0.3, -0.25) is 0 Å². The molecule has 0 aliphatic carbocycles. The molecule has 0 spiro atoms. The van der Waals surface area contributed by atoms with Gasteiger partial charge >= 0.3 is 0 Å². The standard InChI is InChI=1S/C13H12BN/c14-12-8-6-11(7-9-12)10-15-13-4-2-1-3-5-13/h1-9,15H,10H2. The molecular weight excluding hydrogens is 181 g/mol. The molecule has 72 valence electrons. The minimum Gasteiger partial charge on any atom is -0.381 e. The van der Waals surface area contributed by atoms with Gasteiger partial charge in [0.05, 0.1) is 0 Å². The highest BCUT2D eigenvalue weighted by atomic mass is 14.9. The van der Waals surface area contributed by atoms with Crippen LogP contribution in [-0.2, 0) is 6.54 Å². The highest BCUT2D eigenvalue weighted by Gasteiger charge is 1.92. The van der Waals surface area contributed by atoms with Crippen molar-refractivity contribution in [2.75, 3.05) is 5.32 Å². The van der Waals surface area contributed by atoms with Gasteiger partial charge in [-0.15, -0.1) is 0 Å². The van der Waals surface area contributed by atoms with Crippen molar-refractivity contribution < 1.29 is 0 Å². The van der Waals surface area contributed by atoms with Crippen molar-refractivity contribution in [1.82, 2.24) is 0 Å². The van der Waals surface area contributed by atoms with Crippen LogP contribution in [0.1, 0.15) is 5.56 Å². The molecule has 2 aromatic rings. The van der Waals surface area contributed by atoms with E-state index < -0.39 is 0 Å². The molecule has 0 unspecified atom stereocenters. The van der Waals surface area contributed by atoms with Gasteiger partial charge in [-0.25, -0.2) is 0 Å². The SMILES string of the molecule is [B]c1ccc(CNc2ccccc2)cc1. The number of hydrogen-bond acceptors (Lipinski definition) is 1. The topological polar surface area (TPSA) is 12.0 Å². The predicted octanol–water partition coefficient (Wildman–Crippen LogP) is 2.09. The summed E-state index contributed by atoms with van der Waals surface area (Å²) >= 11 is 0. The number of benzene rings is 2. The van der Waals surface area contributed by atoms with Gasteiger partial charge in [0.1, 0.15) is 7.85 Å². The van der Waals surface area contributed by atoms with Crippen LogP contribution in [0.3, 0.4) is 0 Å². The molecule has 2 rings (SSSR count). The maximum atomic E-state index is 5.61. The van der Waals surface area contributed by atoms with Crippen molar-refractivity contribution in [3.8, 4) is 0 Å². The molecule has 15 heavy (non-hydrogen) atoms. The van der Waals surface area contributed by atoms with Gasteiger partial charge in [-0.1, -0.05) is 47.9 Å². The number of rotatable bonds is 3. The van der Waals surface area contributed by atoms with Gasteiger partial charge in [-0.2, -0.15) is 0 Å². The Kier molecular flexibility index (Phi) is 3.08. The Bertz CT molecular complexity index is 408. The molecule has 2 heteroatoms. The lowest BCUT2D eigenvalue weighted by molar-refractivity contribution is 1.15. The average molecular weight is 193 g/mol. The van der Waals surface area contributed by atoms with Gasteiger partial charge < -0.3 is 5.32 Å². The van der Waals surface area contributed by atoms with E-state index in [1.165, 1.54) is 5.56 Å². The van der Waals surface area contributed by atoms with Gasteiger partial charge in [0, 0.05) is 12.2 Å². The lowest BCUT2D eigenvalue weighted by Crippen LogP contribution is -2.03. The van der Waals surface area contributed by atoms with Crippen LogP contribution < -0.4 is 10.8 Å². The molecule has 0 heterocycles.